The molecule has 0 amide bonds. The van der Waals surface area contributed by atoms with E-state index in [0.29, 0.717) is 0 Å². The van der Waals surface area contributed by atoms with Gasteiger partial charge in [0.1, 0.15) is 11.6 Å². The molecule has 2 rings (SSSR count). The average molecular weight is 249 g/mol. The molecule has 1 aliphatic rings. The lowest BCUT2D eigenvalue weighted by Gasteiger charge is -2.21. The number of Topliss-reactive ketones (excluding diaryl/α,β-unsaturated/α-hetero) is 1. The van der Waals surface area contributed by atoms with Gasteiger partial charge in [-0.3, -0.25) is 4.79 Å². The third kappa shape index (κ3) is 3.07. The lowest BCUT2D eigenvalue weighted by atomic mass is 10.1. The SMILES string of the molecule is O=C(C#CN1CCCCC1)c1cc(F)ccc1F. The molecule has 0 aliphatic carbocycles. The molecule has 94 valence electrons. The minimum absolute atomic E-state index is 0.306. The number of carbonyl (C=O) groups excluding carboxylic acids is 1. The number of piperidine rings is 1. The lowest BCUT2D eigenvalue weighted by molar-refractivity contribution is 0.105. The maximum atomic E-state index is 13.3. The first-order chi connectivity index (χ1) is 8.66. The number of nitrogens with zero attached hydrogens (tertiary/aromatic N) is 1. The van der Waals surface area contributed by atoms with Crippen LogP contribution in [-0.4, -0.2) is 23.8 Å². The Kier molecular flexibility index (Phi) is 3.93. The van der Waals surface area contributed by atoms with E-state index in [-0.39, 0.29) is 5.56 Å². The Morgan fingerprint density at radius 1 is 1.17 bits per heavy atom. The number of hydrogen-bond donors (Lipinski definition) is 0. The van der Waals surface area contributed by atoms with Crippen LogP contribution >= 0.6 is 0 Å². The van der Waals surface area contributed by atoms with E-state index in [4.69, 9.17) is 0 Å². The van der Waals surface area contributed by atoms with Crippen LogP contribution in [0.3, 0.4) is 0 Å². The summed E-state index contributed by atoms with van der Waals surface area (Å²) in [6, 6.07) is 5.50. The van der Waals surface area contributed by atoms with E-state index in [2.05, 4.69) is 12.0 Å². The molecular weight excluding hydrogens is 236 g/mol. The second kappa shape index (κ2) is 5.63. The van der Waals surface area contributed by atoms with E-state index >= 15 is 0 Å². The summed E-state index contributed by atoms with van der Waals surface area (Å²) in [5, 5.41) is 0. The Hall–Kier alpha value is -1.89. The Morgan fingerprint density at radius 3 is 2.61 bits per heavy atom. The summed E-state index contributed by atoms with van der Waals surface area (Å²) in [7, 11) is 0. The highest BCUT2D eigenvalue weighted by Gasteiger charge is 2.11. The molecular formula is C14H13F2NO. The highest BCUT2D eigenvalue weighted by Crippen LogP contribution is 2.10. The van der Waals surface area contributed by atoms with Crippen LogP contribution in [0.4, 0.5) is 8.78 Å². The van der Waals surface area contributed by atoms with Crippen molar-refractivity contribution in [3.8, 4) is 12.0 Å². The van der Waals surface area contributed by atoms with E-state index in [1.54, 1.807) is 0 Å². The van der Waals surface area contributed by atoms with Crippen LogP contribution in [0.15, 0.2) is 18.2 Å². The van der Waals surface area contributed by atoms with Crippen molar-refractivity contribution in [1.82, 2.24) is 4.90 Å². The third-order valence-corrected chi connectivity index (χ3v) is 2.86. The smallest absolute Gasteiger partial charge is 0.240 e. The van der Waals surface area contributed by atoms with Crippen LogP contribution in [-0.2, 0) is 0 Å². The largest absolute Gasteiger partial charge is 0.332 e. The van der Waals surface area contributed by atoms with Crippen molar-refractivity contribution >= 4 is 5.78 Å². The molecule has 0 N–H and O–H groups in total. The molecule has 0 aromatic heterocycles. The van der Waals surface area contributed by atoms with Crippen molar-refractivity contribution in [3.63, 3.8) is 0 Å². The van der Waals surface area contributed by atoms with Crippen molar-refractivity contribution in [2.75, 3.05) is 13.1 Å². The van der Waals surface area contributed by atoms with Gasteiger partial charge >= 0.3 is 0 Å². The van der Waals surface area contributed by atoms with Crippen LogP contribution in [0.1, 0.15) is 29.6 Å². The van der Waals surface area contributed by atoms with E-state index in [9.17, 15) is 13.6 Å². The van der Waals surface area contributed by atoms with Crippen LogP contribution in [0.2, 0.25) is 0 Å². The van der Waals surface area contributed by atoms with Crippen LogP contribution in [0, 0.1) is 23.6 Å². The molecule has 1 aromatic rings. The van der Waals surface area contributed by atoms with E-state index in [1.807, 2.05) is 4.90 Å². The topological polar surface area (TPSA) is 20.3 Å². The van der Waals surface area contributed by atoms with Crippen LogP contribution < -0.4 is 0 Å². The van der Waals surface area contributed by atoms with Gasteiger partial charge in [0.05, 0.1) is 5.56 Å². The number of carbonyl (C=O) groups is 1. The third-order valence-electron chi connectivity index (χ3n) is 2.86. The first-order valence-corrected chi connectivity index (χ1v) is 5.93. The minimum atomic E-state index is -0.741. The van der Waals surface area contributed by atoms with Gasteiger partial charge in [-0.25, -0.2) is 8.78 Å². The van der Waals surface area contributed by atoms with Gasteiger partial charge in [-0.05, 0) is 37.5 Å². The first kappa shape index (κ1) is 12.6. The van der Waals surface area contributed by atoms with Gasteiger partial charge < -0.3 is 4.90 Å². The van der Waals surface area contributed by atoms with Crippen molar-refractivity contribution in [1.29, 1.82) is 0 Å². The molecule has 1 saturated heterocycles. The summed E-state index contributed by atoms with van der Waals surface area (Å²) < 4.78 is 26.2. The molecule has 0 spiro atoms. The molecule has 0 radical (unpaired) electrons. The minimum Gasteiger partial charge on any atom is -0.332 e. The summed E-state index contributed by atoms with van der Waals surface area (Å²) in [4.78, 5) is 13.5. The zero-order valence-corrected chi connectivity index (χ0v) is 9.88. The monoisotopic (exact) mass is 249 g/mol. The van der Waals surface area contributed by atoms with Crippen molar-refractivity contribution < 1.29 is 13.6 Å². The number of rotatable bonds is 1. The summed E-state index contributed by atoms with van der Waals surface area (Å²) in [5.74, 6) is 0.304. The quantitative estimate of drug-likeness (QED) is 0.563. The van der Waals surface area contributed by atoms with Gasteiger partial charge in [0.25, 0.3) is 0 Å². The maximum Gasteiger partial charge on any atom is 0.240 e. The zero-order chi connectivity index (χ0) is 13.0. The normalized spacial score (nSPS) is 14.9. The second-order valence-corrected chi connectivity index (χ2v) is 4.24. The van der Waals surface area contributed by atoms with E-state index in [0.717, 1.165) is 44.1 Å². The predicted octanol–water partition coefficient (Wildman–Crippen LogP) is 2.59. The zero-order valence-electron chi connectivity index (χ0n) is 9.88. The number of likely N-dealkylation sites (tertiary alicyclic amines) is 1. The Morgan fingerprint density at radius 2 is 1.89 bits per heavy atom. The molecule has 18 heavy (non-hydrogen) atoms. The van der Waals surface area contributed by atoms with Crippen molar-refractivity contribution in [2.24, 2.45) is 0 Å². The molecule has 2 nitrogen and oxygen atoms in total. The van der Waals surface area contributed by atoms with Gasteiger partial charge in [-0.1, -0.05) is 0 Å². The molecule has 0 atom stereocenters. The summed E-state index contributed by atoms with van der Waals surface area (Å²) in [6.07, 6.45) is 3.28. The average Bonchev–Trinajstić information content (AvgIpc) is 2.40. The molecule has 0 bridgehead atoms. The van der Waals surface area contributed by atoms with Crippen molar-refractivity contribution in [3.05, 3.63) is 35.4 Å². The highest BCUT2D eigenvalue weighted by molar-refractivity contribution is 6.09. The van der Waals surface area contributed by atoms with Crippen molar-refractivity contribution in [2.45, 2.75) is 19.3 Å². The van der Waals surface area contributed by atoms with E-state index in [1.165, 1.54) is 6.42 Å². The number of hydrogen-bond acceptors (Lipinski definition) is 2. The molecule has 0 saturated carbocycles. The predicted molar refractivity (Wildman–Crippen MR) is 63.9 cm³/mol. The maximum absolute atomic E-state index is 13.3. The molecule has 4 heteroatoms. The molecule has 1 fully saturated rings. The standard InChI is InChI=1S/C14H13F2NO/c15-11-4-5-13(16)12(10-11)14(18)6-9-17-7-2-1-3-8-17/h4-5,10H,1-3,7-8H2. The van der Waals surface area contributed by atoms with Gasteiger partial charge in [-0.2, -0.15) is 0 Å². The fourth-order valence-electron chi connectivity index (χ4n) is 1.87. The Balaban J connectivity index is 2.11. The first-order valence-electron chi connectivity index (χ1n) is 5.93. The molecule has 0 unspecified atom stereocenters. The summed E-state index contributed by atoms with van der Waals surface area (Å²) in [6.45, 7) is 1.65. The number of halogens is 2. The fraction of sp³-hybridized carbons (Fsp3) is 0.357. The van der Waals surface area contributed by atoms with Gasteiger partial charge in [-0.15, -0.1) is 0 Å². The molecule has 1 heterocycles. The number of benzene rings is 1. The van der Waals surface area contributed by atoms with Gasteiger partial charge in [0.2, 0.25) is 5.78 Å². The van der Waals surface area contributed by atoms with Crippen LogP contribution in [0.25, 0.3) is 0 Å². The summed E-state index contributed by atoms with van der Waals surface area (Å²) >= 11 is 0. The van der Waals surface area contributed by atoms with Crippen LogP contribution in [0.5, 0.6) is 0 Å². The Bertz CT molecular complexity index is 510. The molecule has 1 aromatic carbocycles. The summed E-state index contributed by atoms with van der Waals surface area (Å²) in [5.41, 5.74) is -0.306. The fourth-order valence-corrected chi connectivity index (χ4v) is 1.87. The highest BCUT2D eigenvalue weighted by atomic mass is 19.1. The van der Waals surface area contributed by atoms with Gasteiger partial charge in [0.15, 0.2) is 0 Å². The van der Waals surface area contributed by atoms with Gasteiger partial charge in [0, 0.05) is 25.1 Å². The number of ketones is 1. The Labute approximate surface area is 105 Å². The second-order valence-electron chi connectivity index (χ2n) is 4.24. The van der Waals surface area contributed by atoms with E-state index < -0.39 is 17.4 Å². The lowest BCUT2D eigenvalue weighted by Crippen LogP contribution is -2.25. The molecule has 1 aliphatic heterocycles.